The van der Waals surface area contributed by atoms with Gasteiger partial charge >= 0.3 is 6.03 Å². The van der Waals surface area contributed by atoms with Crippen molar-refractivity contribution < 1.29 is 9.59 Å². The molecule has 3 aromatic heterocycles. The Hall–Kier alpha value is -3.47. The van der Waals surface area contributed by atoms with E-state index in [0.29, 0.717) is 31.7 Å². The van der Waals surface area contributed by atoms with Gasteiger partial charge in [-0.15, -0.1) is 11.3 Å². The van der Waals surface area contributed by atoms with Crippen molar-refractivity contribution in [3.05, 3.63) is 58.7 Å². The van der Waals surface area contributed by atoms with E-state index in [4.69, 9.17) is 0 Å². The van der Waals surface area contributed by atoms with Gasteiger partial charge < -0.3 is 25.0 Å². The lowest BCUT2D eigenvalue weighted by Crippen LogP contribution is -2.54. The number of piperidine rings is 1. The Balaban J connectivity index is 1.06. The summed E-state index contributed by atoms with van der Waals surface area (Å²) in [6, 6.07) is 6.04. The van der Waals surface area contributed by atoms with Gasteiger partial charge in [0.25, 0.3) is 5.91 Å². The summed E-state index contributed by atoms with van der Waals surface area (Å²) in [6.07, 6.45) is 7.63. The number of amides is 3. The molecule has 0 unspecified atom stereocenters. The van der Waals surface area contributed by atoms with Crippen LogP contribution in [0, 0.1) is 0 Å². The molecule has 0 radical (unpaired) electrons. The van der Waals surface area contributed by atoms with Crippen LogP contribution in [0.5, 0.6) is 0 Å². The topological polar surface area (TPSA) is 110 Å². The second-order valence-electron chi connectivity index (χ2n) is 8.86. The number of hydrogen-bond acceptors (Lipinski definition) is 7. The summed E-state index contributed by atoms with van der Waals surface area (Å²) in [5.41, 5.74) is 1.46. The van der Waals surface area contributed by atoms with Crippen molar-refractivity contribution in [2.24, 2.45) is 0 Å². The van der Waals surface area contributed by atoms with E-state index in [9.17, 15) is 9.59 Å². The van der Waals surface area contributed by atoms with E-state index < -0.39 is 0 Å². The van der Waals surface area contributed by atoms with Crippen LogP contribution in [0.1, 0.15) is 39.9 Å². The standard InChI is InChI=1S/C24H30N8O2S/c33-22(27-8-4-19-15-25-17-28-19)20-16-35-23(29-20)18-5-9-31(10-6-18)24(34)32-13-11-30(12-14-32)21-3-1-2-7-26-21/h1-3,7,15-18H,4-6,8-14H2,(H,25,28)(H,27,33). The van der Waals surface area contributed by atoms with Crippen molar-refractivity contribution in [1.82, 2.24) is 35.1 Å². The number of piperazine rings is 1. The Morgan fingerprint density at radius 2 is 1.89 bits per heavy atom. The first-order valence-electron chi connectivity index (χ1n) is 12.1. The first kappa shape index (κ1) is 23.3. The van der Waals surface area contributed by atoms with Crippen LogP contribution in [-0.2, 0) is 6.42 Å². The van der Waals surface area contributed by atoms with Crippen LogP contribution in [-0.4, -0.2) is 87.5 Å². The summed E-state index contributed by atoms with van der Waals surface area (Å²) >= 11 is 1.54. The van der Waals surface area contributed by atoms with E-state index in [1.54, 1.807) is 18.7 Å². The second kappa shape index (κ2) is 10.9. The van der Waals surface area contributed by atoms with Crippen molar-refractivity contribution in [3.63, 3.8) is 0 Å². The minimum absolute atomic E-state index is 0.126. The Morgan fingerprint density at radius 3 is 2.60 bits per heavy atom. The van der Waals surface area contributed by atoms with E-state index in [1.807, 2.05) is 33.4 Å². The molecule has 0 bridgehead atoms. The van der Waals surface area contributed by atoms with Crippen molar-refractivity contribution in [1.29, 1.82) is 0 Å². The predicted octanol–water partition coefficient (Wildman–Crippen LogP) is 2.36. The zero-order valence-corrected chi connectivity index (χ0v) is 20.4. The SMILES string of the molecule is O=C(NCCc1cnc[nH]1)c1csc(C2CCN(C(=O)N3CCN(c4ccccn4)CC3)CC2)n1. The van der Waals surface area contributed by atoms with Gasteiger partial charge in [-0.25, -0.2) is 19.7 Å². The molecule has 0 aliphatic carbocycles. The molecule has 0 saturated carbocycles. The van der Waals surface area contributed by atoms with E-state index in [2.05, 4.69) is 30.2 Å². The summed E-state index contributed by atoms with van der Waals surface area (Å²) in [5.74, 6) is 1.11. The highest BCUT2D eigenvalue weighted by molar-refractivity contribution is 7.09. The lowest BCUT2D eigenvalue weighted by atomic mass is 9.98. The van der Waals surface area contributed by atoms with Gasteiger partial charge in [-0.3, -0.25) is 4.79 Å². The normalized spacial score (nSPS) is 17.0. The van der Waals surface area contributed by atoms with Crippen LogP contribution >= 0.6 is 11.3 Å². The van der Waals surface area contributed by atoms with E-state index in [1.165, 1.54) is 11.3 Å². The van der Waals surface area contributed by atoms with Crippen molar-refractivity contribution in [2.45, 2.75) is 25.2 Å². The summed E-state index contributed by atoms with van der Waals surface area (Å²) < 4.78 is 0. The maximum absolute atomic E-state index is 13.1. The fourth-order valence-electron chi connectivity index (χ4n) is 4.59. The van der Waals surface area contributed by atoms with Crippen molar-refractivity contribution >= 4 is 29.1 Å². The first-order valence-corrected chi connectivity index (χ1v) is 13.0. The zero-order valence-electron chi connectivity index (χ0n) is 19.6. The van der Waals surface area contributed by atoms with Gasteiger partial charge in [0.2, 0.25) is 0 Å². The molecular formula is C24H30N8O2S. The third kappa shape index (κ3) is 5.61. The summed E-state index contributed by atoms with van der Waals surface area (Å²) in [7, 11) is 0. The van der Waals surface area contributed by atoms with Crippen LogP contribution < -0.4 is 10.2 Å². The number of thiazole rings is 1. The number of H-pyrrole nitrogens is 1. The van der Waals surface area contributed by atoms with Gasteiger partial charge in [0, 0.05) is 81.6 Å². The lowest BCUT2D eigenvalue weighted by Gasteiger charge is -2.39. The van der Waals surface area contributed by atoms with Crippen LogP contribution in [0.3, 0.4) is 0 Å². The Labute approximate surface area is 208 Å². The quantitative estimate of drug-likeness (QED) is 0.544. The molecule has 5 heterocycles. The summed E-state index contributed by atoms with van der Waals surface area (Å²) in [4.78, 5) is 47.7. The second-order valence-corrected chi connectivity index (χ2v) is 9.75. The highest BCUT2D eigenvalue weighted by Gasteiger charge is 2.30. The average molecular weight is 495 g/mol. The highest BCUT2D eigenvalue weighted by Crippen LogP contribution is 2.31. The number of hydrogen-bond donors (Lipinski definition) is 2. The number of urea groups is 1. The fourth-order valence-corrected chi connectivity index (χ4v) is 5.56. The van der Waals surface area contributed by atoms with Crippen molar-refractivity contribution in [2.75, 3.05) is 50.7 Å². The number of aromatic amines is 1. The summed E-state index contributed by atoms with van der Waals surface area (Å²) in [5, 5.41) is 5.74. The van der Waals surface area contributed by atoms with Gasteiger partial charge in [-0.2, -0.15) is 0 Å². The first-order chi connectivity index (χ1) is 17.2. The summed E-state index contributed by atoms with van der Waals surface area (Å²) in [6.45, 7) is 4.98. The number of aromatic nitrogens is 4. The molecule has 2 saturated heterocycles. The predicted molar refractivity (Wildman–Crippen MR) is 134 cm³/mol. The van der Waals surface area contributed by atoms with Gasteiger partial charge in [0.1, 0.15) is 11.5 Å². The number of pyridine rings is 1. The number of carbonyl (C=O) groups is 2. The number of imidazole rings is 1. The zero-order chi connectivity index (χ0) is 24.0. The molecule has 10 nitrogen and oxygen atoms in total. The Morgan fingerprint density at radius 1 is 1.09 bits per heavy atom. The number of rotatable bonds is 6. The van der Waals surface area contributed by atoms with Gasteiger partial charge in [-0.1, -0.05) is 6.07 Å². The Kier molecular flexibility index (Phi) is 7.22. The highest BCUT2D eigenvalue weighted by atomic mass is 32.1. The molecule has 0 aromatic carbocycles. The monoisotopic (exact) mass is 494 g/mol. The number of nitrogens with zero attached hydrogens (tertiary/aromatic N) is 6. The molecule has 184 valence electrons. The molecule has 0 atom stereocenters. The third-order valence-electron chi connectivity index (χ3n) is 6.63. The maximum atomic E-state index is 13.1. The van der Waals surface area contributed by atoms with E-state index in [0.717, 1.165) is 55.5 Å². The van der Waals surface area contributed by atoms with E-state index in [-0.39, 0.29) is 17.9 Å². The minimum Gasteiger partial charge on any atom is -0.353 e. The number of nitrogens with one attached hydrogen (secondary N) is 2. The van der Waals surface area contributed by atoms with Crippen LogP contribution in [0.15, 0.2) is 42.3 Å². The fraction of sp³-hybridized carbons (Fsp3) is 0.458. The number of carbonyl (C=O) groups excluding carboxylic acids is 2. The van der Waals surface area contributed by atoms with Crippen LogP contribution in [0.25, 0.3) is 0 Å². The van der Waals surface area contributed by atoms with Crippen LogP contribution in [0.4, 0.5) is 10.6 Å². The Bertz CT molecular complexity index is 1100. The molecule has 3 amide bonds. The third-order valence-corrected chi connectivity index (χ3v) is 7.63. The molecule has 5 rings (SSSR count). The van der Waals surface area contributed by atoms with Crippen molar-refractivity contribution in [3.8, 4) is 0 Å². The lowest BCUT2D eigenvalue weighted by molar-refractivity contribution is 0.0949. The minimum atomic E-state index is -0.149. The average Bonchev–Trinajstić information content (AvgIpc) is 3.62. The molecule has 3 aromatic rings. The molecule has 2 aliphatic heterocycles. The molecule has 0 spiro atoms. The van der Waals surface area contributed by atoms with E-state index >= 15 is 0 Å². The number of likely N-dealkylation sites (tertiary alicyclic amines) is 1. The van der Waals surface area contributed by atoms with Gasteiger partial charge in [-0.05, 0) is 25.0 Å². The number of anilines is 1. The smallest absolute Gasteiger partial charge is 0.320 e. The maximum Gasteiger partial charge on any atom is 0.320 e. The molecule has 35 heavy (non-hydrogen) atoms. The van der Waals surface area contributed by atoms with Gasteiger partial charge in [0.15, 0.2) is 0 Å². The molecule has 11 heteroatoms. The van der Waals surface area contributed by atoms with Crippen LogP contribution in [0.2, 0.25) is 0 Å². The molecule has 2 fully saturated rings. The molecule has 2 aliphatic rings. The van der Waals surface area contributed by atoms with Gasteiger partial charge in [0.05, 0.1) is 11.3 Å². The molecular weight excluding hydrogens is 464 g/mol. The molecule has 2 N–H and O–H groups in total. The largest absolute Gasteiger partial charge is 0.353 e.